The molecule has 0 bridgehead atoms. The van der Waals surface area contributed by atoms with Crippen molar-refractivity contribution in [2.75, 3.05) is 20.6 Å². The summed E-state index contributed by atoms with van der Waals surface area (Å²) in [5, 5.41) is 0. The Kier molecular flexibility index (Phi) is 8.03. The molecule has 0 spiro atoms. The number of hydrogen-bond donors (Lipinski definition) is 0. The topological polar surface area (TPSA) is 3.24 Å². The second-order valence-corrected chi connectivity index (χ2v) is 3.42. The molecule has 0 aliphatic heterocycles. The molecule has 0 aromatic carbocycles. The summed E-state index contributed by atoms with van der Waals surface area (Å²) in [4.78, 5) is 2.25. The first-order chi connectivity index (χ1) is 5.27. The minimum Gasteiger partial charge on any atom is -0.309 e. The largest absolute Gasteiger partial charge is 0.309 e. The lowest BCUT2D eigenvalue weighted by molar-refractivity contribution is 0.390. The van der Waals surface area contributed by atoms with E-state index in [0.717, 1.165) is 6.42 Å². The average molecular weight is 156 g/mol. The van der Waals surface area contributed by atoms with Gasteiger partial charge >= 0.3 is 0 Å². The maximum absolute atomic E-state index is 3.82. The Morgan fingerprint density at radius 2 is 1.45 bits per heavy atom. The zero-order chi connectivity index (χ0) is 8.53. The van der Waals surface area contributed by atoms with Crippen LogP contribution >= 0.6 is 0 Å². The van der Waals surface area contributed by atoms with Crippen LogP contribution in [-0.2, 0) is 0 Å². The molecule has 67 valence electrons. The van der Waals surface area contributed by atoms with Crippen molar-refractivity contribution in [3.05, 3.63) is 6.92 Å². The molecule has 1 nitrogen and oxygen atoms in total. The minimum absolute atomic E-state index is 1.10. The summed E-state index contributed by atoms with van der Waals surface area (Å²) in [5.74, 6) is 0. The molecule has 0 aromatic rings. The molecule has 1 heteroatoms. The SMILES string of the molecule is [CH2]CCCCCCCN(C)C. The Hall–Kier alpha value is -0.0400. The second-order valence-electron chi connectivity index (χ2n) is 3.42. The maximum atomic E-state index is 3.82. The van der Waals surface area contributed by atoms with E-state index in [1.807, 2.05) is 0 Å². The zero-order valence-electron chi connectivity index (χ0n) is 8.10. The molecule has 0 saturated heterocycles. The molecule has 0 aromatic heterocycles. The van der Waals surface area contributed by atoms with Crippen LogP contribution in [0.5, 0.6) is 0 Å². The summed E-state index contributed by atoms with van der Waals surface area (Å²) in [7, 11) is 4.27. The highest BCUT2D eigenvalue weighted by Gasteiger charge is 1.90. The first kappa shape index (κ1) is 11.0. The predicted molar refractivity (Wildman–Crippen MR) is 51.6 cm³/mol. The molecule has 0 unspecified atom stereocenters. The van der Waals surface area contributed by atoms with Gasteiger partial charge in [0.25, 0.3) is 0 Å². The van der Waals surface area contributed by atoms with E-state index in [1.165, 1.54) is 38.6 Å². The fourth-order valence-electron chi connectivity index (χ4n) is 1.14. The van der Waals surface area contributed by atoms with Gasteiger partial charge in [-0.1, -0.05) is 39.0 Å². The maximum Gasteiger partial charge on any atom is -0.00248 e. The van der Waals surface area contributed by atoms with E-state index in [1.54, 1.807) is 0 Å². The van der Waals surface area contributed by atoms with E-state index in [9.17, 15) is 0 Å². The second kappa shape index (κ2) is 8.06. The Balaban J connectivity index is 2.80. The highest BCUT2D eigenvalue weighted by Crippen LogP contribution is 2.04. The lowest BCUT2D eigenvalue weighted by atomic mass is 10.1. The Morgan fingerprint density at radius 3 is 2.00 bits per heavy atom. The quantitative estimate of drug-likeness (QED) is 0.512. The predicted octanol–water partition coefficient (Wildman–Crippen LogP) is 2.72. The van der Waals surface area contributed by atoms with Gasteiger partial charge in [-0.3, -0.25) is 0 Å². The minimum atomic E-state index is 1.10. The van der Waals surface area contributed by atoms with Crippen LogP contribution in [0.2, 0.25) is 0 Å². The lowest BCUT2D eigenvalue weighted by Gasteiger charge is -2.08. The molecule has 0 rings (SSSR count). The van der Waals surface area contributed by atoms with Gasteiger partial charge in [0, 0.05) is 0 Å². The molecule has 0 amide bonds. The molecule has 0 aliphatic rings. The van der Waals surface area contributed by atoms with Crippen molar-refractivity contribution in [1.82, 2.24) is 4.90 Å². The molecular weight excluding hydrogens is 134 g/mol. The van der Waals surface area contributed by atoms with Crippen molar-refractivity contribution in [1.29, 1.82) is 0 Å². The molecular formula is C10H22N. The summed E-state index contributed by atoms with van der Waals surface area (Å²) < 4.78 is 0. The molecule has 0 heterocycles. The van der Waals surface area contributed by atoms with Gasteiger partial charge in [0.15, 0.2) is 0 Å². The number of nitrogens with zero attached hydrogens (tertiary/aromatic N) is 1. The molecule has 0 N–H and O–H groups in total. The van der Waals surface area contributed by atoms with E-state index < -0.39 is 0 Å². The van der Waals surface area contributed by atoms with Crippen molar-refractivity contribution in [2.45, 2.75) is 38.5 Å². The highest BCUT2D eigenvalue weighted by molar-refractivity contribution is 4.48. The van der Waals surface area contributed by atoms with Crippen molar-refractivity contribution < 1.29 is 0 Å². The van der Waals surface area contributed by atoms with E-state index in [4.69, 9.17) is 0 Å². The van der Waals surface area contributed by atoms with E-state index in [2.05, 4.69) is 25.9 Å². The Labute approximate surface area is 71.8 Å². The molecule has 0 atom stereocenters. The van der Waals surface area contributed by atoms with Gasteiger partial charge in [-0.2, -0.15) is 0 Å². The van der Waals surface area contributed by atoms with Crippen LogP contribution in [0.4, 0.5) is 0 Å². The monoisotopic (exact) mass is 156 g/mol. The van der Waals surface area contributed by atoms with Crippen LogP contribution in [0.3, 0.4) is 0 Å². The third-order valence-corrected chi connectivity index (χ3v) is 1.86. The molecule has 0 fully saturated rings. The van der Waals surface area contributed by atoms with Gasteiger partial charge in [0.2, 0.25) is 0 Å². The first-order valence-corrected chi connectivity index (χ1v) is 4.71. The average Bonchev–Trinajstić information content (AvgIpc) is 1.96. The smallest absolute Gasteiger partial charge is 0.00248 e. The van der Waals surface area contributed by atoms with Crippen LogP contribution in [0.1, 0.15) is 38.5 Å². The van der Waals surface area contributed by atoms with E-state index in [-0.39, 0.29) is 0 Å². The van der Waals surface area contributed by atoms with Crippen LogP contribution < -0.4 is 0 Å². The summed E-state index contributed by atoms with van der Waals surface area (Å²) in [6, 6.07) is 0. The van der Waals surface area contributed by atoms with Crippen LogP contribution in [0, 0.1) is 6.92 Å². The fraction of sp³-hybridized carbons (Fsp3) is 0.900. The van der Waals surface area contributed by atoms with Crippen molar-refractivity contribution >= 4 is 0 Å². The molecule has 0 saturated carbocycles. The molecule has 11 heavy (non-hydrogen) atoms. The normalized spacial score (nSPS) is 10.9. The first-order valence-electron chi connectivity index (χ1n) is 4.71. The summed E-state index contributed by atoms with van der Waals surface area (Å²) in [5.41, 5.74) is 0. The zero-order valence-corrected chi connectivity index (χ0v) is 8.10. The summed E-state index contributed by atoms with van der Waals surface area (Å²) in [6.45, 7) is 5.06. The van der Waals surface area contributed by atoms with Gasteiger partial charge in [-0.15, -0.1) is 0 Å². The molecule has 1 radical (unpaired) electrons. The standard InChI is InChI=1S/C10H22N/c1-4-5-6-7-8-9-10-11(2)3/h1,4-10H2,2-3H3. The number of hydrogen-bond acceptors (Lipinski definition) is 1. The van der Waals surface area contributed by atoms with Gasteiger partial charge in [0.05, 0.1) is 0 Å². The van der Waals surface area contributed by atoms with Gasteiger partial charge < -0.3 is 4.90 Å². The van der Waals surface area contributed by atoms with Crippen molar-refractivity contribution in [3.63, 3.8) is 0 Å². The van der Waals surface area contributed by atoms with Gasteiger partial charge in [-0.25, -0.2) is 0 Å². The number of unbranched alkanes of at least 4 members (excludes halogenated alkanes) is 5. The highest BCUT2D eigenvalue weighted by atomic mass is 15.0. The fourth-order valence-corrected chi connectivity index (χ4v) is 1.14. The lowest BCUT2D eigenvalue weighted by Crippen LogP contribution is -2.12. The van der Waals surface area contributed by atoms with Crippen LogP contribution in [-0.4, -0.2) is 25.5 Å². The number of rotatable bonds is 7. The van der Waals surface area contributed by atoms with Crippen LogP contribution in [0.15, 0.2) is 0 Å². The van der Waals surface area contributed by atoms with Crippen molar-refractivity contribution in [2.24, 2.45) is 0 Å². The van der Waals surface area contributed by atoms with Crippen molar-refractivity contribution in [3.8, 4) is 0 Å². The van der Waals surface area contributed by atoms with Crippen LogP contribution in [0.25, 0.3) is 0 Å². The Morgan fingerprint density at radius 1 is 0.909 bits per heavy atom. The third kappa shape index (κ3) is 9.96. The van der Waals surface area contributed by atoms with E-state index >= 15 is 0 Å². The molecule has 0 aliphatic carbocycles. The van der Waals surface area contributed by atoms with Gasteiger partial charge in [0.1, 0.15) is 0 Å². The summed E-state index contributed by atoms with van der Waals surface area (Å²) >= 11 is 0. The summed E-state index contributed by atoms with van der Waals surface area (Å²) in [6.07, 6.45) is 7.91. The van der Waals surface area contributed by atoms with E-state index in [0.29, 0.717) is 0 Å². The third-order valence-electron chi connectivity index (χ3n) is 1.86. The van der Waals surface area contributed by atoms with Gasteiger partial charge in [-0.05, 0) is 27.1 Å². The Bertz CT molecular complexity index is 69.3.